The van der Waals surface area contributed by atoms with E-state index in [0.717, 1.165) is 0 Å². The van der Waals surface area contributed by atoms with Gasteiger partial charge in [0.2, 0.25) is 15.9 Å². The Kier molecular flexibility index (Phi) is 4.24. The number of hydrogen-bond acceptors (Lipinski definition) is 5. The highest BCUT2D eigenvalue weighted by atomic mass is 32.2. The van der Waals surface area contributed by atoms with Crippen molar-refractivity contribution in [2.45, 2.75) is 24.3 Å². The van der Waals surface area contributed by atoms with Crippen molar-refractivity contribution in [3.05, 3.63) is 18.3 Å². The van der Waals surface area contributed by atoms with E-state index in [2.05, 4.69) is 15.6 Å². The Morgan fingerprint density at radius 1 is 1.55 bits per heavy atom. The van der Waals surface area contributed by atoms with Gasteiger partial charge in [-0.3, -0.25) is 4.79 Å². The van der Waals surface area contributed by atoms with Gasteiger partial charge in [0.25, 0.3) is 0 Å². The lowest BCUT2D eigenvalue weighted by Gasteiger charge is -2.33. The largest absolute Gasteiger partial charge is 0.373 e. The van der Waals surface area contributed by atoms with Crippen LogP contribution < -0.4 is 10.6 Å². The highest BCUT2D eigenvalue weighted by molar-refractivity contribution is 7.89. The molecule has 2 N–H and O–H groups in total. The lowest BCUT2D eigenvalue weighted by molar-refractivity contribution is -0.126. The second-order valence-electron chi connectivity index (χ2n) is 4.46. The lowest BCUT2D eigenvalue weighted by atomic mass is 10.2. The van der Waals surface area contributed by atoms with E-state index in [1.54, 1.807) is 14.0 Å². The Hall–Kier alpha value is -1.67. The van der Waals surface area contributed by atoms with Crippen LogP contribution in [0.5, 0.6) is 0 Å². The predicted octanol–water partition coefficient (Wildman–Crippen LogP) is 0.0224. The summed E-state index contributed by atoms with van der Waals surface area (Å²) in [6.45, 7) is 2.41. The van der Waals surface area contributed by atoms with Gasteiger partial charge in [0.05, 0.1) is 4.90 Å². The van der Waals surface area contributed by atoms with Crippen LogP contribution in [0.3, 0.4) is 0 Å². The molecule has 1 fully saturated rings. The average molecular weight is 298 g/mol. The topological polar surface area (TPSA) is 91.4 Å². The minimum atomic E-state index is -3.70. The number of carbonyl (C=O) groups excluding carboxylic acids is 1. The molecule has 1 atom stereocenters. The summed E-state index contributed by atoms with van der Waals surface area (Å²) in [6, 6.07) is 2.25. The summed E-state index contributed by atoms with van der Waals surface area (Å²) in [7, 11) is -2.03. The maximum Gasteiger partial charge on any atom is 0.244 e. The van der Waals surface area contributed by atoms with Crippen molar-refractivity contribution < 1.29 is 13.2 Å². The molecule has 1 aromatic heterocycles. The first kappa shape index (κ1) is 14.7. The maximum absolute atomic E-state index is 12.7. The fraction of sp³-hybridized carbons (Fsp3) is 0.500. The number of sulfonamides is 1. The van der Waals surface area contributed by atoms with Crippen molar-refractivity contribution in [1.82, 2.24) is 14.6 Å². The zero-order valence-electron chi connectivity index (χ0n) is 11.5. The van der Waals surface area contributed by atoms with Crippen LogP contribution in [0, 0.1) is 0 Å². The molecule has 0 radical (unpaired) electrons. The second kappa shape index (κ2) is 5.76. The molecule has 1 saturated heterocycles. The minimum absolute atomic E-state index is 0.144. The number of carbonyl (C=O) groups is 1. The standard InChI is InChI=1S/C12H18N4O3S/c1-3-10-12(17)15-6-7-16(10)20(18,19)9-4-5-14-11(8-9)13-2/h4-5,8,10H,3,6-7H2,1-2H3,(H,13,14)(H,15,17). The van der Waals surface area contributed by atoms with Gasteiger partial charge in [0.15, 0.2) is 0 Å². The molecule has 1 aromatic rings. The van der Waals surface area contributed by atoms with Crippen LogP contribution in [-0.2, 0) is 14.8 Å². The van der Waals surface area contributed by atoms with Gasteiger partial charge in [-0.2, -0.15) is 4.31 Å². The molecule has 8 heteroatoms. The van der Waals surface area contributed by atoms with E-state index in [9.17, 15) is 13.2 Å². The number of amides is 1. The average Bonchev–Trinajstić information content (AvgIpc) is 2.47. The first-order valence-electron chi connectivity index (χ1n) is 6.44. The highest BCUT2D eigenvalue weighted by Crippen LogP contribution is 2.22. The van der Waals surface area contributed by atoms with Crippen molar-refractivity contribution in [2.24, 2.45) is 0 Å². The third kappa shape index (κ3) is 2.61. The van der Waals surface area contributed by atoms with E-state index in [4.69, 9.17) is 0 Å². The van der Waals surface area contributed by atoms with Crippen molar-refractivity contribution in [3.63, 3.8) is 0 Å². The molecule has 1 amide bonds. The van der Waals surface area contributed by atoms with Crippen LogP contribution in [0.15, 0.2) is 23.2 Å². The van der Waals surface area contributed by atoms with Crippen molar-refractivity contribution >= 4 is 21.7 Å². The Balaban J connectivity index is 2.40. The van der Waals surface area contributed by atoms with Gasteiger partial charge >= 0.3 is 0 Å². The number of piperazine rings is 1. The minimum Gasteiger partial charge on any atom is -0.373 e. The normalized spacial score (nSPS) is 20.5. The van der Waals surface area contributed by atoms with Gasteiger partial charge in [0, 0.05) is 32.4 Å². The van der Waals surface area contributed by atoms with Crippen LogP contribution in [0.1, 0.15) is 13.3 Å². The number of anilines is 1. The Bertz CT molecular complexity index is 602. The van der Waals surface area contributed by atoms with Crippen LogP contribution in [0.25, 0.3) is 0 Å². The first-order valence-corrected chi connectivity index (χ1v) is 7.88. The summed E-state index contributed by atoms with van der Waals surface area (Å²) < 4.78 is 26.6. The van der Waals surface area contributed by atoms with Crippen LogP contribution >= 0.6 is 0 Å². The van der Waals surface area contributed by atoms with Crippen molar-refractivity contribution in [1.29, 1.82) is 0 Å². The number of rotatable bonds is 4. The van der Waals surface area contributed by atoms with E-state index < -0.39 is 16.1 Å². The SMILES string of the molecule is CCC1C(=O)NCCN1S(=O)(=O)c1ccnc(NC)c1. The number of nitrogens with zero attached hydrogens (tertiary/aromatic N) is 2. The van der Waals surface area contributed by atoms with Crippen LogP contribution in [0.4, 0.5) is 5.82 Å². The van der Waals surface area contributed by atoms with E-state index in [-0.39, 0.29) is 17.3 Å². The van der Waals surface area contributed by atoms with Gasteiger partial charge in [0.1, 0.15) is 11.9 Å². The molecule has 2 heterocycles. The molecule has 7 nitrogen and oxygen atoms in total. The summed E-state index contributed by atoms with van der Waals surface area (Å²) in [5.41, 5.74) is 0. The summed E-state index contributed by atoms with van der Waals surface area (Å²) in [4.78, 5) is 15.9. The maximum atomic E-state index is 12.7. The Labute approximate surface area is 118 Å². The summed E-state index contributed by atoms with van der Waals surface area (Å²) in [6.07, 6.45) is 1.87. The van der Waals surface area contributed by atoms with E-state index in [0.29, 0.717) is 18.8 Å². The molecule has 20 heavy (non-hydrogen) atoms. The highest BCUT2D eigenvalue weighted by Gasteiger charge is 2.37. The quantitative estimate of drug-likeness (QED) is 0.818. The molecule has 2 rings (SSSR count). The predicted molar refractivity (Wildman–Crippen MR) is 74.8 cm³/mol. The fourth-order valence-corrected chi connectivity index (χ4v) is 3.89. The monoisotopic (exact) mass is 298 g/mol. The first-order chi connectivity index (χ1) is 9.50. The second-order valence-corrected chi connectivity index (χ2v) is 6.35. The smallest absolute Gasteiger partial charge is 0.244 e. The molecule has 110 valence electrons. The van der Waals surface area contributed by atoms with E-state index in [1.807, 2.05) is 0 Å². The van der Waals surface area contributed by atoms with Crippen molar-refractivity contribution in [3.8, 4) is 0 Å². The van der Waals surface area contributed by atoms with Crippen LogP contribution in [0.2, 0.25) is 0 Å². The van der Waals surface area contributed by atoms with Gasteiger partial charge in [-0.15, -0.1) is 0 Å². The Morgan fingerprint density at radius 3 is 2.95 bits per heavy atom. The van der Waals surface area contributed by atoms with Gasteiger partial charge in [-0.25, -0.2) is 13.4 Å². The third-order valence-corrected chi connectivity index (χ3v) is 5.17. The zero-order chi connectivity index (χ0) is 14.8. The molecule has 0 bridgehead atoms. The van der Waals surface area contributed by atoms with E-state index in [1.165, 1.54) is 22.6 Å². The summed E-state index contributed by atoms with van der Waals surface area (Å²) >= 11 is 0. The summed E-state index contributed by atoms with van der Waals surface area (Å²) in [5.74, 6) is 0.228. The summed E-state index contributed by atoms with van der Waals surface area (Å²) in [5, 5.41) is 5.49. The number of nitrogens with one attached hydrogen (secondary N) is 2. The molecular weight excluding hydrogens is 280 g/mol. The Morgan fingerprint density at radius 2 is 2.30 bits per heavy atom. The molecular formula is C12H18N4O3S. The zero-order valence-corrected chi connectivity index (χ0v) is 12.3. The molecule has 0 aliphatic carbocycles. The van der Waals surface area contributed by atoms with Gasteiger partial charge < -0.3 is 10.6 Å². The molecule has 1 aliphatic rings. The van der Waals surface area contributed by atoms with Crippen molar-refractivity contribution in [2.75, 3.05) is 25.5 Å². The molecule has 0 saturated carbocycles. The fourth-order valence-electron chi connectivity index (χ4n) is 2.21. The number of pyridine rings is 1. The van der Waals surface area contributed by atoms with Gasteiger partial charge in [-0.1, -0.05) is 6.92 Å². The van der Waals surface area contributed by atoms with E-state index >= 15 is 0 Å². The number of hydrogen-bond donors (Lipinski definition) is 2. The number of aromatic nitrogens is 1. The molecule has 0 spiro atoms. The third-order valence-electron chi connectivity index (χ3n) is 3.26. The van der Waals surface area contributed by atoms with Gasteiger partial charge in [-0.05, 0) is 12.5 Å². The lowest BCUT2D eigenvalue weighted by Crippen LogP contribution is -2.56. The molecule has 1 unspecified atom stereocenters. The van der Waals surface area contributed by atoms with Crippen LogP contribution in [-0.4, -0.2) is 49.8 Å². The molecule has 0 aromatic carbocycles. The molecule has 1 aliphatic heterocycles.